The Bertz CT molecular complexity index is 2590. The Morgan fingerprint density at radius 2 is 1.30 bits per heavy atom. The van der Waals surface area contributed by atoms with Crippen molar-refractivity contribution in [2.45, 2.75) is 12.1 Å². The minimum absolute atomic E-state index is 0.0471. The van der Waals surface area contributed by atoms with Gasteiger partial charge in [-0.2, -0.15) is 0 Å². The SMILES string of the molecule is C1=CC2N=C(n3c4cc(-c5ncc(-c6ccccc6)cn5)ccc4c4c5oc6cc(-c7ccccc7)ccc6c5ccc43)NC2C=C1. The molecule has 1 N–H and O–H groups in total. The standard InChI is InChI=1S/C41H27N5O/c1-3-9-25(10-4-1)27-15-17-30-31-19-20-35-38(39(31)47-37(30)22-27)32-18-16-28(40-42-23-29(24-43-40)26-11-5-2-6-12-26)21-36(32)46(35)41-44-33-13-7-8-14-34(33)45-41/h1-24,33-34H,(H,44,45). The second-order valence-electron chi connectivity index (χ2n) is 12.1. The van der Waals surface area contributed by atoms with Crippen LogP contribution in [0.2, 0.25) is 0 Å². The molecule has 6 nitrogen and oxygen atoms in total. The monoisotopic (exact) mass is 605 g/mol. The average molecular weight is 606 g/mol. The van der Waals surface area contributed by atoms with Gasteiger partial charge in [0.05, 0.1) is 28.5 Å². The van der Waals surface area contributed by atoms with E-state index in [4.69, 9.17) is 19.4 Å². The van der Waals surface area contributed by atoms with Gasteiger partial charge >= 0.3 is 0 Å². The van der Waals surface area contributed by atoms with Crippen molar-refractivity contribution in [2.24, 2.45) is 4.99 Å². The molecular formula is C41H27N5O. The summed E-state index contributed by atoms with van der Waals surface area (Å²) in [7, 11) is 0. The Morgan fingerprint density at radius 1 is 0.596 bits per heavy atom. The first-order valence-corrected chi connectivity index (χ1v) is 15.8. The molecule has 1 aliphatic heterocycles. The fourth-order valence-corrected chi connectivity index (χ4v) is 7.07. The quantitative estimate of drug-likeness (QED) is 0.218. The normalized spacial score (nSPS) is 17.1. The molecule has 6 heteroatoms. The zero-order valence-corrected chi connectivity index (χ0v) is 25.2. The fraction of sp³-hybridized carbons (Fsp3) is 0.0488. The first-order chi connectivity index (χ1) is 23.3. The number of rotatable bonds is 3. The average Bonchev–Trinajstić information content (AvgIpc) is 3.83. The highest BCUT2D eigenvalue weighted by atomic mass is 16.3. The molecule has 0 saturated carbocycles. The van der Waals surface area contributed by atoms with E-state index in [2.05, 4.69) is 119 Å². The first kappa shape index (κ1) is 26.0. The van der Waals surface area contributed by atoms with Gasteiger partial charge in [-0.15, -0.1) is 0 Å². The molecule has 47 heavy (non-hydrogen) atoms. The number of nitrogens with zero attached hydrogens (tertiary/aromatic N) is 4. The molecule has 8 aromatic rings. The van der Waals surface area contributed by atoms with E-state index in [1.165, 1.54) is 0 Å². The van der Waals surface area contributed by atoms with Crippen LogP contribution in [0.15, 0.2) is 155 Å². The maximum Gasteiger partial charge on any atom is 0.204 e. The van der Waals surface area contributed by atoms with E-state index in [1.54, 1.807) is 0 Å². The molecule has 10 rings (SSSR count). The van der Waals surface area contributed by atoms with Crippen LogP contribution in [0.1, 0.15) is 0 Å². The topological polar surface area (TPSA) is 68.2 Å². The van der Waals surface area contributed by atoms with E-state index in [-0.39, 0.29) is 12.1 Å². The minimum atomic E-state index is 0.0471. The van der Waals surface area contributed by atoms with Gasteiger partial charge in [-0.3, -0.25) is 4.57 Å². The molecule has 0 spiro atoms. The van der Waals surface area contributed by atoms with Gasteiger partial charge in [0.1, 0.15) is 11.2 Å². The zero-order valence-electron chi connectivity index (χ0n) is 25.2. The minimum Gasteiger partial charge on any atom is -0.455 e. The number of aliphatic imine (C=N–C) groups is 1. The number of allylic oxidation sites excluding steroid dienone is 2. The molecule has 4 heterocycles. The summed E-state index contributed by atoms with van der Waals surface area (Å²) in [5.41, 5.74) is 9.11. The van der Waals surface area contributed by atoms with E-state index in [0.717, 1.165) is 77.5 Å². The molecule has 1 aliphatic carbocycles. The second kappa shape index (κ2) is 10.1. The highest BCUT2D eigenvalue weighted by Gasteiger charge is 2.29. The lowest BCUT2D eigenvalue weighted by molar-refractivity contribution is 0.673. The van der Waals surface area contributed by atoms with Gasteiger partial charge in [0.25, 0.3) is 0 Å². The van der Waals surface area contributed by atoms with Gasteiger partial charge in [0.15, 0.2) is 5.82 Å². The van der Waals surface area contributed by atoms with Crippen molar-refractivity contribution in [1.29, 1.82) is 0 Å². The van der Waals surface area contributed by atoms with Crippen molar-refractivity contribution in [2.75, 3.05) is 0 Å². The molecule has 0 radical (unpaired) electrons. The lowest BCUT2D eigenvalue weighted by Gasteiger charge is -2.14. The van der Waals surface area contributed by atoms with E-state index in [1.807, 2.05) is 36.7 Å². The molecule has 2 aliphatic rings. The van der Waals surface area contributed by atoms with E-state index >= 15 is 0 Å². The van der Waals surface area contributed by atoms with Gasteiger partial charge in [-0.25, -0.2) is 15.0 Å². The van der Waals surface area contributed by atoms with Crippen LogP contribution in [0.25, 0.3) is 77.4 Å². The Kier molecular flexibility index (Phi) is 5.60. The van der Waals surface area contributed by atoms with Crippen LogP contribution in [-0.4, -0.2) is 32.6 Å². The van der Waals surface area contributed by atoms with Gasteiger partial charge in [-0.1, -0.05) is 103 Å². The number of fused-ring (bicyclic) bond motifs is 8. The summed E-state index contributed by atoms with van der Waals surface area (Å²) >= 11 is 0. The maximum atomic E-state index is 6.76. The number of furan rings is 1. The molecule has 2 atom stereocenters. The summed E-state index contributed by atoms with van der Waals surface area (Å²) in [6.07, 6.45) is 12.3. The van der Waals surface area contributed by atoms with Crippen LogP contribution >= 0.6 is 0 Å². The highest BCUT2D eigenvalue weighted by Crippen LogP contribution is 2.41. The van der Waals surface area contributed by atoms with Gasteiger partial charge in [-0.05, 0) is 47.0 Å². The summed E-state index contributed by atoms with van der Waals surface area (Å²) in [6.45, 7) is 0. The Morgan fingerprint density at radius 3 is 2.09 bits per heavy atom. The number of hydrogen-bond acceptors (Lipinski definition) is 5. The van der Waals surface area contributed by atoms with E-state index in [0.29, 0.717) is 5.82 Å². The van der Waals surface area contributed by atoms with E-state index < -0.39 is 0 Å². The molecule has 0 fully saturated rings. The molecule has 222 valence electrons. The number of benzene rings is 5. The van der Waals surface area contributed by atoms with Crippen LogP contribution in [0.4, 0.5) is 0 Å². The van der Waals surface area contributed by atoms with Crippen molar-refractivity contribution in [3.05, 3.63) is 146 Å². The summed E-state index contributed by atoms with van der Waals surface area (Å²) < 4.78 is 8.99. The fourth-order valence-electron chi connectivity index (χ4n) is 7.07. The summed E-state index contributed by atoms with van der Waals surface area (Å²) in [5, 5.41) is 8.02. The molecule has 3 aromatic heterocycles. The van der Waals surface area contributed by atoms with Crippen LogP contribution < -0.4 is 5.32 Å². The number of aromatic nitrogens is 3. The van der Waals surface area contributed by atoms with Crippen molar-refractivity contribution in [3.63, 3.8) is 0 Å². The lowest BCUT2D eigenvalue weighted by atomic mass is 10.0. The van der Waals surface area contributed by atoms with E-state index in [9.17, 15) is 0 Å². The largest absolute Gasteiger partial charge is 0.455 e. The Balaban J connectivity index is 1.18. The second-order valence-corrected chi connectivity index (χ2v) is 12.1. The molecule has 2 unspecified atom stereocenters. The van der Waals surface area contributed by atoms with Crippen LogP contribution in [0.5, 0.6) is 0 Å². The van der Waals surface area contributed by atoms with Crippen molar-refractivity contribution < 1.29 is 4.42 Å². The first-order valence-electron chi connectivity index (χ1n) is 15.8. The Labute approximate surface area is 270 Å². The van der Waals surface area contributed by atoms with Gasteiger partial charge in [0.2, 0.25) is 5.96 Å². The molecule has 5 aromatic carbocycles. The Hall–Kier alpha value is -6.27. The smallest absolute Gasteiger partial charge is 0.204 e. The van der Waals surface area contributed by atoms with Gasteiger partial charge < -0.3 is 9.73 Å². The third-order valence-corrected chi connectivity index (χ3v) is 9.38. The van der Waals surface area contributed by atoms with Crippen LogP contribution in [0, 0.1) is 0 Å². The third-order valence-electron chi connectivity index (χ3n) is 9.38. The molecular weight excluding hydrogens is 578 g/mol. The third kappa shape index (κ3) is 4.08. The molecule has 0 saturated heterocycles. The van der Waals surface area contributed by atoms with Crippen LogP contribution in [-0.2, 0) is 0 Å². The predicted molar refractivity (Wildman–Crippen MR) is 190 cm³/mol. The van der Waals surface area contributed by atoms with Crippen molar-refractivity contribution in [3.8, 4) is 33.6 Å². The van der Waals surface area contributed by atoms with Gasteiger partial charge in [0, 0.05) is 39.7 Å². The molecule has 0 bridgehead atoms. The number of nitrogens with one attached hydrogen (secondary N) is 1. The zero-order chi connectivity index (χ0) is 30.9. The summed E-state index contributed by atoms with van der Waals surface area (Å²) in [5.74, 6) is 1.49. The highest BCUT2D eigenvalue weighted by molar-refractivity contribution is 6.26. The number of hydrogen-bond donors (Lipinski definition) is 1. The summed E-state index contributed by atoms with van der Waals surface area (Å²) in [4.78, 5) is 14.7. The lowest BCUT2D eigenvalue weighted by Crippen LogP contribution is -2.35. The summed E-state index contributed by atoms with van der Waals surface area (Å²) in [6, 6.07) is 38.1. The maximum absolute atomic E-state index is 6.76. The molecule has 0 amide bonds. The van der Waals surface area contributed by atoms with Crippen molar-refractivity contribution in [1.82, 2.24) is 19.9 Å². The van der Waals surface area contributed by atoms with Crippen molar-refractivity contribution >= 4 is 49.7 Å². The van der Waals surface area contributed by atoms with Crippen LogP contribution in [0.3, 0.4) is 0 Å². The predicted octanol–water partition coefficient (Wildman–Crippen LogP) is 9.16.